The van der Waals surface area contributed by atoms with E-state index in [9.17, 15) is 0 Å². The van der Waals surface area contributed by atoms with Crippen LogP contribution in [0.1, 0.15) is 26.3 Å². The lowest BCUT2D eigenvalue weighted by Crippen LogP contribution is -2.38. The van der Waals surface area contributed by atoms with Crippen molar-refractivity contribution in [3.63, 3.8) is 0 Å². The number of hydrogen-bond acceptors (Lipinski definition) is 3. The van der Waals surface area contributed by atoms with Crippen LogP contribution in [0.2, 0.25) is 0 Å². The third-order valence-electron chi connectivity index (χ3n) is 2.01. The molecule has 1 N–H and O–H groups in total. The zero-order chi connectivity index (χ0) is 12.0. The number of rotatable bonds is 4. The molecule has 0 unspecified atom stereocenters. The summed E-state index contributed by atoms with van der Waals surface area (Å²) in [4.78, 5) is 0. The van der Waals surface area contributed by atoms with Crippen molar-refractivity contribution in [1.29, 1.82) is 5.26 Å². The average molecular weight is 218 g/mol. The van der Waals surface area contributed by atoms with E-state index in [-0.39, 0.29) is 5.54 Å². The van der Waals surface area contributed by atoms with Crippen molar-refractivity contribution >= 4 is 0 Å². The number of nitrogens with one attached hydrogen (secondary N) is 1. The molecule has 0 bridgehead atoms. The minimum Gasteiger partial charge on any atom is -0.492 e. The second-order valence-electron chi connectivity index (χ2n) is 4.66. The SMILES string of the molecule is CC(C)(C)NCCOc1ccc(C#N)cc1. The standard InChI is InChI=1S/C13H18N2O/c1-13(2,3)15-8-9-16-12-6-4-11(10-14)5-7-12/h4-7,15H,8-9H2,1-3H3. The second-order valence-corrected chi connectivity index (χ2v) is 4.66. The van der Waals surface area contributed by atoms with Gasteiger partial charge in [-0.1, -0.05) is 0 Å². The van der Waals surface area contributed by atoms with Gasteiger partial charge in [0.1, 0.15) is 12.4 Å². The number of nitriles is 1. The Bertz CT molecular complexity index is 357. The Morgan fingerprint density at radius 2 is 1.88 bits per heavy atom. The third kappa shape index (κ3) is 4.81. The molecule has 0 atom stereocenters. The zero-order valence-electron chi connectivity index (χ0n) is 10.1. The molecule has 0 amide bonds. The molecular formula is C13H18N2O. The van der Waals surface area contributed by atoms with Crippen molar-refractivity contribution in [2.75, 3.05) is 13.2 Å². The quantitative estimate of drug-likeness (QED) is 0.789. The van der Waals surface area contributed by atoms with E-state index in [4.69, 9.17) is 10.00 Å². The van der Waals surface area contributed by atoms with Crippen LogP contribution in [0.5, 0.6) is 5.75 Å². The highest BCUT2D eigenvalue weighted by Gasteiger charge is 2.07. The molecule has 0 fully saturated rings. The number of benzene rings is 1. The Morgan fingerprint density at radius 1 is 1.25 bits per heavy atom. The van der Waals surface area contributed by atoms with Crippen LogP contribution in [0.15, 0.2) is 24.3 Å². The fourth-order valence-corrected chi connectivity index (χ4v) is 1.22. The van der Waals surface area contributed by atoms with E-state index >= 15 is 0 Å². The van der Waals surface area contributed by atoms with Gasteiger partial charge in [0.15, 0.2) is 0 Å². The minimum atomic E-state index is 0.119. The van der Waals surface area contributed by atoms with Crippen molar-refractivity contribution in [3.8, 4) is 11.8 Å². The van der Waals surface area contributed by atoms with Crippen LogP contribution in [-0.4, -0.2) is 18.7 Å². The van der Waals surface area contributed by atoms with Gasteiger partial charge < -0.3 is 10.1 Å². The van der Waals surface area contributed by atoms with Gasteiger partial charge in [-0.25, -0.2) is 0 Å². The average Bonchev–Trinajstić information content (AvgIpc) is 2.24. The van der Waals surface area contributed by atoms with Crippen LogP contribution in [0.4, 0.5) is 0 Å². The van der Waals surface area contributed by atoms with Gasteiger partial charge in [-0.3, -0.25) is 0 Å². The summed E-state index contributed by atoms with van der Waals surface area (Å²) in [6.45, 7) is 7.80. The van der Waals surface area contributed by atoms with Crippen molar-refractivity contribution in [2.45, 2.75) is 26.3 Å². The molecule has 16 heavy (non-hydrogen) atoms. The maximum atomic E-state index is 8.63. The predicted molar refractivity (Wildman–Crippen MR) is 64.4 cm³/mol. The molecule has 0 saturated carbocycles. The van der Waals surface area contributed by atoms with Crippen molar-refractivity contribution < 1.29 is 4.74 Å². The van der Waals surface area contributed by atoms with Gasteiger partial charge in [0.25, 0.3) is 0 Å². The molecule has 3 nitrogen and oxygen atoms in total. The number of hydrogen-bond donors (Lipinski definition) is 1. The third-order valence-corrected chi connectivity index (χ3v) is 2.01. The van der Waals surface area contributed by atoms with E-state index in [0.717, 1.165) is 12.3 Å². The van der Waals surface area contributed by atoms with Crippen molar-refractivity contribution in [2.24, 2.45) is 0 Å². The maximum absolute atomic E-state index is 8.63. The van der Waals surface area contributed by atoms with Gasteiger partial charge in [0.2, 0.25) is 0 Å². The van der Waals surface area contributed by atoms with Crippen LogP contribution in [-0.2, 0) is 0 Å². The number of ether oxygens (including phenoxy) is 1. The molecule has 86 valence electrons. The molecule has 0 spiro atoms. The van der Waals surface area contributed by atoms with Gasteiger partial charge in [-0.15, -0.1) is 0 Å². The van der Waals surface area contributed by atoms with E-state index in [1.807, 2.05) is 12.1 Å². The summed E-state index contributed by atoms with van der Waals surface area (Å²) in [7, 11) is 0. The van der Waals surface area contributed by atoms with Crippen LogP contribution in [0.3, 0.4) is 0 Å². The molecule has 0 aromatic heterocycles. The lowest BCUT2D eigenvalue weighted by Gasteiger charge is -2.20. The van der Waals surface area contributed by atoms with Crippen molar-refractivity contribution in [3.05, 3.63) is 29.8 Å². The molecule has 1 aromatic carbocycles. The van der Waals surface area contributed by atoms with Crippen LogP contribution in [0.25, 0.3) is 0 Å². The first-order valence-corrected chi connectivity index (χ1v) is 5.39. The van der Waals surface area contributed by atoms with E-state index in [1.165, 1.54) is 0 Å². The Balaban J connectivity index is 2.30. The fraction of sp³-hybridized carbons (Fsp3) is 0.462. The molecule has 1 rings (SSSR count). The molecular weight excluding hydrogens is 200 g/mol. The Labute approximate surface area is 97.0 Å². The van der Waals surface area contributed by atoms with Crippen LogP contribution < -0.4 is 10.1 Å². The fourth-order valence-electron chi connectivity index (χ4n) is 1.22. The van der Waals surface area contributed by atoms with Gasteiger partial charge in [-0.05, 0) is 45.0 Å². The van der Waals surface area contributed by atoms with Gasteiger partial charge in [0.05, 0.1) is 11.6 Å². The van der Waals surface area contributed by atoms with E-state index in [1.54, 1.807) is 12.1 Å². The van der Waals surface area contributed by atoms with Gasteiger partial charge >= 0.3 is 0 Å². The summed E-state index contributed by atoms with van der Waals surface area (Å²) in [6.07, 6.45) is 0. The van der Waals surface area contributed by atoms with E-state index in [2.05, 4.69) is 32.2 Å². The molecule has 0 aliphatic carbocycles. The summed E-state index contributed by atoms with van der Waals surface area (Å²) in [6, 6.07) is 9.22. The number of nitrogens with zero attached hydrogens (tertiary/aromatic N) is 1. The second kappa shape index (κ2) is 5.53. The lowest BCUT2D eigenvalue weighted by molar-refractivity contribution is 0.291. The first-order valence-electron chi connectivity index (χ1n) is 5.39. The smallest absolute Gasteiger partial charge is 0.119 e. The monoisotopic (exact) mass is 218 g/mol. The van der Waals surface area contributed by atoms with Crippen molar-refractivity contribution in [1.82, 2.24) is 5.32 Å². The zero-order valence-corrected chi connectivity index (χ0v) is 10.1. The topological polar surface area (TPSA) is 45.0 Å². The first-order chi connectivity index (χ1) is 7.51. The van der Waals surface area contributed by atoms with Crippen LogP contribution >= 0.6 is 0 Å². The summed E-state index contributed by atoms with van der Waals surface area (Å²) < 4.78 is 5.53. The van der Waals surface area contributed by atoms with E-state index < -0.39 is 0 Å². The first kappa shape index (κ1) is 12.5. The summed E-state index contributed by atoms with van der Waals surface area (Å²) in [5, 5.41) is 12.0. The highest BCUT2D eigenvalue weighted by atomic mass is 16.5. The Hall–Kier alpha value is -1.53. The molecule has 1 aromatic rings. The van der Waals surface area contributed by atoms with Gasteiger partial charge in [-0.2, -0.15) is 5.26 Å². The summed E-state index contributed by atoms with van der Waals surface area (Å²) in [5.41, 5.74) is 0.772. The Morgan fingerprint density at radius 3 is 2.38 bits per heavy atom. The summed E-state index contributed by atoms with van der Waals surface area (Å²) >= 11 is 0. The molecule has 3 heteroatoms. The minimum absolute atomic E-state index is 0.119. The largest absolute Gasteiger partial charge is 0.492 e. The highest BCUT2D eigenvalue weighted by Crippen LogP contribution is 2.11. The van der Waals surface area contributed by atoms with Gasteiger partial charge in [0, 0.05) is 12.1 Å². The lowest BCUT2D eigenvalue weighted by atomic mass is 10.1. The Kier molecular flexibility index (Phi) is 4.33. The predicted octanol–water partition coefficient (Wildman–Crippen LogP) is 2.33. The highest BCUT2D eigenvalue weighted by molar-refractivity contribution is 5.34. The van der Waals surface area contributed by atoms with E-state index in [0.29, 0.717) is 12.2 Å². The molecule has 0 heterocycles. The summed E-state index contributed by atoms with van der Waals surface area (Å²) in [5.74, 6) is 0.801. The maximum Gasteiger partial charge on any atom is 0.119 e. The molecule has 0 radical (unpaired) electrons. The van der Waals surface area contributed by atoms with Crippen LogP contribution in [0, 0.1) is 11.3 Å². The molecule has 0 aliphatic rings. The molecule has 0 aliphatic heterocycles. The normalized spacial score (nSPS) is 10.9. The molecule has 0 saturated heterocycles.